The molecule has 1 nitrogen and oxygen atoms in total. The summed E-state index contributed by atoms with van der Waals surface area (Å²) in [5.74, 6) is 0. The number of rotatable bonds is 5. The zero-order valence-corrected chi connectivity index (χ0v) is 8.48. The molecule has 1 unspecified atom stereocenters. The predicted molar refractivity (Wildman–Crippen MR) is 51.6 cm³/mol. The fourth-order valence-electron chi connectivity index (χ4n) is 1.87. The fraction of sp³-hybridized carbons (Fsp3) is 1.00. The van der Waals surface area contributed by atoms with E-state index in [1.807, 2.05) is 0 Å². The molecule has 0 heterocycles. The van der Waals surface area contributed by atoms with E-state index in [4.69, 9.17) is 5.73 Å². The Labute approximate surface area is 71.4 Å². The Morgan fingerprint density at radius 3 is 1.55 bits per heavy atom. The lowest BCUT2D eigenvalue weighted by Gasteiger charge is -2.32. The number of hydrogen-bond acceptors (Lipinski definition) is 1. The topological polar surface area (TPSA) is 26.0 Å². The first-order chi connectivity index (χ1) is 5.10. The lowest BCUT2D eigenvalue weighted by atomic mass is 9.75. The van der Waals surface area contributed by atoms with Gasteiger partial charge in [-0.15, -0.1) is 0 Å². The van der Waals surface area contributed by atoms with Crippen molar-refractivity contribution >= 4 is 0 Å². The SMILES string of the molecule is CCC(CC)(CC)CC(C)N. The van der Waals surface area contributed by atoms with Gasteiger partial charge in [0.15, 0.2) is 0 Å². The van der Waals surface area contributed by atoms with Crippen LogP contribution in [0.15, 0.2) is 0 Å². The molecule has 1 atom stereocenters. The molecule has 0 aromatic heterocycles. The van der Waals surface area contributed by atoms with Crippen molar-refractivity contribution in [2.75, 3.05) is 0 Å². The highest BCUT2D eigenvalue weighted by Gasteiger charge is 2.24. The third-order valence-electron chi connectivity index (χ3n) is 3.00. The summed E-state index contributed by atoms with van der Waals surface area (Å²) >= 11 is 0. The van der Waals surface area contributed by atoms with Crippen LogP contribution in [-0.4, -0.2) is 6.04 Å². The Bertz CT molecular complexity index is 84.8. The Balaban J connectivity index is 4.05. The second-order valence-corrected chi connectivity index (χ2v) is 3.74. The minimum atomic E-state index is 0.356. The van der Waals surface area contributed by atoms with Crippen LogP contribution < -0.4 is 5.73 Å². The van der Waals surface area contributed by atoms with Crippen molar-refractivity contribution in [3.05, 3.63) is 0 Å². The fourth-order valence-corrected chi connectivity index (χ4v) is 1.87. The normalized spacial score (nSPS) is 15.0. The minimum absolute atomic E-state index is 0.356. The molecule has 0 aliphatic rings. The molecule has 0 amide bonds. The van der Waals surface area contributed by atoms with Crippen LogP contribution in [0.4, 0.5) is 0 Å². The predicted octanol–water partition coefficient (Wildman–Crippen LogP) is 2.94. The summed E-state index contributed by atoms with van der Waals surface area (Å²) in [4.78, 5) is 0. The maximum atomic E-state index is 5.81. The Kier molecular flexibility index (Phi) is 4.74. The van der Waals surface area contributed by atoms with Gasteiger partial charge in [-0.25, -0.2) is 0 Å². The van der Waals surface area contributed by atoms with Gasteiger partial charge in [0.05, 0.1) is 0 Å². The average Bonchev–Trinajstić information content (AvgIpc) is 2.00. The van der Waals surface area contributed by atoms with Crippen molar-refractivity contribution < 1.29 is 0 Å². The van der Waals surface area contributed by atoms with Crippen LogP contribution in [0.25, 0.3) is 0 Å². The first-order valence-corrected chi connectivity index (χ1v) is 4.85. The molecular formula is C10H23N. The van der Waals surface area contributed by atoms with E-state index in [0.29, 0.717) is 11.5 Å². The monoisotopic (exact) mass is 157 g/mol. The van der Waals surface area contributed by atoms with Crippen LogP contribution in [0.3, 0.4) is 0 Å². The maximum absolute atomic E-state index is 5.81. The molecule has 0 rings (SSSR count). The first-order valence-electron chi connectivity index (χ1n) is 4.85. The summed E-state index contributed by atoms with van der Waals surface area (Å²) < 4.78 is 0. The summed E-state index contributed by atoms with van der Waals surface area (Å²) in [6.07, 6.45) is 4.97. The molecule has 2 N–H and O–H groups in total. The van der Waals surface area contributed by atoms with Crippen molar-refractivity contribution in [3.8, 4) is 0 Å². The van der Waals surface area contributed by atoms with Crippen LogP contribution in [0.2, 0.25) is 0 Å². The van der Waals surface area contributed by atoms with E-state index in [-0.39, 0.29) is 0 Å². The van der Waals surface area contributed by atoms with Crippen LogP contribution >= 0.6 is 0 Å². The van der Waals surface area contributed by atoms with Crippen LogP contribution in [-0.2, 0) is 0 Å². The summed E-state index contributed by atoms with van der Waals surface area (Å²) in [6.45, 7) is 8.93. The molecule has 0 aromatic carbocycles. The van der Waals surface area contributed by atoms with Crippen molar-refractivity contribution in [2.45, 2.75) is 59.4 Å². The highest BCUT2D eigenvalue weighted by atomic mass is 14.6. The summed E-state index contributed by atoms with van der Waals surface area (Å²) in [7, 11) is 0. The molecule has 0 saturated carbocycles. The van der Waals surface area contributed by atoms with Crippen molar-refractivity contribution in [2.24, 2.45) is 11.1 Å². The van der Waals surface area contributed by atoms with Gasteiger partial charge in [-0.2, -0.15) is 0 Å². The highest BCUT2D eigenvalue weighted by Crippen LogP contribution is 2.34. The van der Waals surface area contributed by atoms with Crippen molar-refractivity contribution in [1.29, 1.82) is 0 Å². The van der Waals surface area contributed by atoms with Gasteiger partial charge in [-0.05, 0) is 18.8 Å². The maximum Gasteiger partial charge on any atom is 0.00157 e. The van der Waals surface area contributed by atoms with Crippen molar-refractivity contribution in [3.63, 3.8) is 0 Å². The van der Waals surface area contributed by atoms with Gasteiger partial charge in [0.2, 0.25) is 0 Å². The zero-order chi connectivity index (χ0) is 8.91. The van der Waals surface area contributed by atoms with E-state index in [2.05, 4.69) is 27.7 Å². The zero-order valence-electron chi connectivity index (χ0n) is 8.48. The molecule has 0 radical (unpaired) electrons. The van der Waals surface area contributed by atoms with E-state index >= 15 is 0 Å². The van der Waals surface area contributed by atoms with E-state index in [1.54, 1.807) is 0 Å². The third kappa shape index (κ3) is 3.24. The molecule has 1 heteroatoms. The molecule has 0 saturated heterocycles. The largest absolute Gasteiger partial charge is 0.328 e. The average molecular weight is 157 g/mol. The molecular weight excluding hydrogens is 134 g/mol. The van der Waals surface area contributed by atoms with Crippen LogP contribution in [0.5, 0.6) is 0 Å². The van der Waals surface area contributed by atoms with Gasteiger partial charge in [0.25, 0.3) is 0 Å². The minimum Gasteiger partial charge on any atom is -0.328 e. The van der Waals surface area contributed by atoms with E-state index in [1.165, 1.54) is 25.7 Å². The summed E-state index contributed by atoms with van der Waals surface area (Å²) in [6, 6.07) is 0.356. The lowest BCUT2D eigenvalue weighted by Crippen LogP contribution is -2.28. The van der Waals surface area contributed by atoms with E-state index in [0.717, 1.165) is 0 Å². The molecule has 0 fully saturated rings. The standard InChI is InChI=1S/C10H23N/c1-5-10(6-2,7-3)8-9(4)11/h9H,5-8,11H2,1-4H3. The van der Waals surface area contributed by atoms with Crippen LogP contribution in [0.1, 0.15) is 53.4 Å². The quantitative estimate of drug-likeness (QED) is 0.652. The summed E-state index contributed by atoms with van der Waals surface area (Å²) in [5, 5.41) is 0. The van der Waals surface area contributed by atoms with Gasteiger partial charge in [0.1, 0.15) is 0 Å². The molecule has 0 aliphatic carbocycles. The van der Waals surface area contributed by atoms with Crippen molar-refractivity contribution in [1.82, 2.24) is 0 Å². The van der Waals surface area contributed by atoms with E-state index < -0.39 is 0 Å². The molecule has 0 bridgehead atoms. The van der Waals surface area contributed by atoms with Gasteiger partial charge in [-0.3, -0.25) is 0 Å². The summed E-state index contributed by atoms with van der Waals surface area (Å²) in [5.41, 5.74) is 6.33. The lowest BCUT2D eigenvalue weighted by molar-refractivity contribution is 0.214. The number of hydrogen-bond donors (Lipinski definition) is 1. The number of nitrogens with two attached hydrogens (primary N) is 1. The Hall–Kier alpha value is -0.0400. The van der Waals surface area contributed by atoms with Crippen LogP contribution in [0, 0.1) is 5.41 Å². The first kappa shape index (κ1) is 11.0. The molecule has 0 aliphatic heterocycles. The van der Waals surface area contributed by atoms with Gasteiger partial charge in [0, 0.05) is 6.04 Å². The van der Waals surface area contributed by atoms with Gasteiger partial charge in [-0.1, -0.05) is 40.0 Å². The highest BCUT2D eigenvalue weighted by molar-refractivity contribution is 4.78. The third-order valence-corrected chi connectivity index (χ3v) is 3.00. The Morgan fingerprint density at radius 1 is 1.09 bits per heavy atom. The molecule has 0 spiro atoms. The molecule has 0 aromatic rings. The van der Waals surface area contributed by atoms with Gasteiger partial charge < -0.3 is 5.73 Å². The second-order valence-electron chi connectivity index (χ2n) is 3.74. The molecule has 11 heavy (non-hydrogen) atoms. The molecule has 68 valence electrons. The second kappa shape index (κ2) is 4.76. The van der Waals surface area contributed by atoms with E-state index in [9.17, 15) is 0 Å². The van der Waals surface area contributed by atoms with Gasteiger partial charge >= 0.3 is 0 Å². The Morgan fingerprint density at radius 2 is 1.45 bits per heavy atom. The smallest absolute Gasteiger partial charge is 0.00157 e.